The van der Waals surface area contributed by atoms with Crippen LogP contribution in [0.3, 0.4) is 0 Å². The van der Waals surface area contributed by atoms with Crippen LogP contribution in [0.1, 0.15) is 27.0 Å². The Hall–Kier alpha value is -3.89. The molecule has 174 valence electrons. The second-order valence-corrected chi connectivity index (χ2v) is 8.01. The number of nitrogens with two attached hydrogens (primary N) is 1. The molecule has 0 unspecified atom stereocenters. The minimum absolute atomic E-state index is 0.585. The Morgan fingerprint density at radius 2 is 1.06 bits per heavy atom. The van der Waals surface area contributed by atoms with E-state index in [4.69, 9.17) is 15.2 Å². The van der Waals surface area contributed by atoms with Crippen molar-refractivity contribution in [3.63, 3.8) is 0 Å². The van der Waals surface area contributed by atoms with Gasteiger partial charge in [-0.25, -0.2) is 0 Å². The molecule has 4 rings (SSSR count). The van der Waals surface area contributed by atoms with Crippen LogP contribution in [0.15, 0.2) is 84.9 Å². The van der Waals surface area contributed by atoms with Crippen LogP contribution in [0.4, 0.5) is 0 Å². The van der Waals surface area contributed by atoms with Gasteiger partial charge in [-0.15, -0.1) is 0 Å². The SMILES string of the molecule is COc1ccc(-c2ccc(C=O)cc2)cc1C.COc1ccc(-c2ccc(CN)cc2)cc1C. The molecule has 0 bridgehead atoms. The maximum absolute atomic E-state index is 10.6. The first-order valence-electron chi connectivity index (χ1n) is 11.1. The van der Waals surface area contributed by atoms with Crippen LogP contribution in [0.25, 0.3) is 22.3 Å². The van der Waals surface area contributed by atoms with Gasteiger partial charge in [0.25, 0.3) is 0 Å². The molecule has 0 heterocycles. The molecular weight excluding hydrogens is 422 g/mol. The molecule has 4 heteroatoms. The molecule has 4 aromatic carbocycles. The third-order valence-corrected chi connectivity index (χ3v) is 5.69. The van der Waals surface area contributed by atoms with E-state index in [1.807, 2.05) is 49.4 Å². The van der Waals surface area contributed by atoms with E-state index in [1.165, 1.54) is 11.1 Å². The fourth-order valence-corrected chi connectivity index (χ4v) is 3.70. The second-order valence-electron chi connectivity index (χ2n) is 8.01. The zero-order chi connectivity index (χ0) is 24.5. The van der Waals surface area contributed by atoms with E-state index in [1.54, 1.807) is 14.2 Å². The Morgan fingerprint density at radius 3 is 1.41 bits per heavy atom. The minimum atomic E-state index is 0.585. The maximum atomic E-state index is 10.6. The lowest BCUT2D eigenvalue weighted by atomic mass is 10.0. The number of ether oxygens (including phenoxy) is 2. The summed E-state index contributed by atoms with van der Waals surface area (Å²) in [5.41, 5.74) is 14.3. The number of methoxy groups -OCH3 is 2. The zero-order valence-electron chi connectivity index (χ0n) is 20.2. The smallest absolute Gasteiger partial charge is 0.150 e. The number of hydrogen-bond donors (Lipinski definition) is 1. The highest BCUT2D eigenvalue weighted by Crippen LogP contribution is 2.27. The van der Waals surface area contributed by atoms with Crippen molar-refractivity contribution in [2.24, 2.45) is 5.73 Å². The Kier molecular flexibility index (Phi) is 8.60. The monoisotopic (exact) mass is 453 g/mol. The topological polar surface area (TPSA) is 61.5 Å². The fourth-order valence-electron chi connectivity index (χ4n) is 3.70. The van der Waals surface area contributed by atoms with Crippen LogP contribution in [0.2, 0.25) is 0 Å². The summed E-state index contributed by atoms with van der Waals surface area (Å²) >= 11 is 0. The van der Waals surface area contributed by atoms with Crippen LogP contribution < -0.4 is 15.2 Å². The Balaban J connectivity index is 0.000000191. The van der Waals surface area contributed by atoms with Crippen molar-refractivity contribution >= 4 is 6.29 Å². The van der Waals surface area contributed by atoms with Crippen molar-refractivity contribution in [1.29, 1.82) is 0 Å². The first-order chi connectivity index (χ1) is 16.5. The maximum Gasteiger partial charge on any atom is 0.150 e. The van der Waals surface area contributed by atoms with Gasteiger partial charge >= 0.3 is 0 Å². The Labute approximate surface area is 202 Å². The predicted molar refractivity (Wildman–Crippen MR) is 140 cm³/mol. The highest BCUT2D eigenvalue weighted by Gasteiger charge is 2.03. The quantitative estimate of drug-likeness (QED) is 0.334. The van der Waals surface area contributed by atoms with Gasteiger partial charge in [0.15, 0.2) is 0 Å². The fraction of sp³-hybridized carbons (Fsp3) is 0.167. The molecule has 0 amide bonds. The van der Waals surface area contributed by atoms with Gasteiger partial charge in [-0.1, -0.05) is 60.7 Å². The van der Waals surface area contributed by atoms with Crippen molar-refractivity contribution < 1.29 is 14.3 Å². The van der Waals surface area contributed by atoms with E-state index in [0.717, 1.165) is 45.6 Å². The van der Waals surface area contributed by atoms with Crippen LogP contribution in [0, 0.1) is 13.8 Å². The summed E-state index contributed by atoms with van der Waals surface area (Å²) in [7, 11) is 3.36. The van der Waals surface area contributed by atoms with E-state index < -0.39 is 0 Å². The molecule has 0 spiro atoms. The summed E-state index contributed by atoms with van der Waals surface area (Å²) in [4.78, 5) is 10.6. The number of carbonyl (C=O) groups is 1. The summed E-state index contributed by atoms with van der Waals surface area (Å²) in [6.45, 7) is 4.65. The predicted octanol–water partition coefficient (Wildman–Crippen LogP) is 6.61. The van der Waals surface area contributed by atoms with Gasteiger partial charge < -0.3 is 15.2 Å². The standard InChI is InChI=1S/C15H17NO.C15H14O2/c2*1-11-9-14(7-8-15(11)17-2)13-5-3-12(10-16)4-6-13/h3-9H,10,16H2,1-2H3;3-10H,1-2H3. The molecule has 4 nitrogen and oxygen atoms in total. The second kappa shape index (κ2) is 11.8. The van der Waals surface area contributed by atoms with Crippen molar-refractivity contribution in [2.45, 2.75) is 20.4 Å². The molecule has 2 N–H and O–H groups in total. The van der Waals surface area contributed by atoms with Gasteiger partial charge in [-0.2, -0.15) is 0 Å². The molecule has 0 aliphatic carbocycles. The third kappa shape index (κ3) is 6.12. The van der Waals surface area contributed by atoms with E-state index in [0.29, 0.717) is 12.1 Å². The van der Waals surface area contributed by atoms with Gasteiger partial charge in [0.1, 0.15) is 17.8 Å². The number of benzene rings is 4. The molecule has 4 aromatic rings. The number of carbonyl (C=O) groups excluding carboxylic acids is 1. The van der Waals surface area contributed by atoms with Crippen molar-refractivity contribution in [3.05, 3.63) is 107 Å². The summed E-state index contributed by atoms with van der Waals surface area (Å²) in [6, 6.07) is 28.1. The van der Waals surface area contributed by atoms with Gasteiger partial charge in [-0.05, 0) is 77.1 Å². The third-order valence-electron chi connectivity index (χ3n) is 5.69. The molecule has 0 fully saturated rings. The number of hydrogen-bond acceptors (Lipinski definition) is 4. The molecule has 34 heavy (non-hydrogen) atoms. The summed E-state index contributed by atoms with van der Waals surface area (Å²) < 4.78 is 10.5. The average Bonchev–Trinajstić information content (AvgIpc) is 2.89. The lowest BCUT2D eigenvalue weighted by Crippen LogP contribution is -1.95. The lowest BCUT2D eigenvalue weighted by molar-refractivity contribution is 0.112. The van der Waals surface area contributed by atoms with Gasteiger partial charge in [-0.3, -0.25) is 4.79 Å². The molecule has 0 saturated heterocycles. The summed E-state index contributed by atoms with van der Waals surface area (Å²) in [5, 5.41) is 0. The van der Waals surface area contributed by atoms with E-state index in [2.05, 4.69) is 49.4 Å². The Morgan fingerprint density at radius 1 is 0.647 bits per heavy atom. The van der Waals surface area contributed by atoms with Gasteiger partial charge in [0.05, 0.1) is 14.2 Å². The highest BCUT2D eigenvalue weighted by molar-refractivity contribution is 5.77. The molecule has 0 aromatic heterocycles. The van der Waals surface area contributed by atoms with E-state index in [-0.39, 0.29) is 0 Å². The van der Waals surface area contributed by atoms with Crippen molar-refractivity contribution in [3.8, 4) is 33.8 Å². The lowest BCUT2D eigenvalue weighted by Gasteiger charge is -2.08. The zero-order valence-corrected chi connectivity index (χ0v) is 20.2. The first kappa shape index (κ1) is 24.7. The van der Waals surface area contributed by atoms with Crippen molar-refractivity contribution in [1.82, 2.24) is 0 Å². The molecule has 0 aliphatic heterocycles. The molecular formula is C30H31NO3. The molecule has 0 aliphatic rings. The number of aryl methyl sites for hydroxylation is 2. The van der Waals surface area contributed by atoms with E-state index in [9.17, 15) is 4.79 Å². The summed E-state index contributed by atoms with van der Waals surface area (Å²) in [5.74, 6) is 1.81. The largest absolute Gasteiger partial charge is 0.496 e. The molecule has 0 atom stereocenters. The minimum Gasteiger partial charge on any atom is -0.496 e. The molecule has 0 radical (unpaired) electrons. The van der Waals surface area contributed by atoms with Gasteiger partial charge in [0, 0.05) is 12.1 Å². The highest BCUT2D eigenvalue weighted by atomic mass is 16.5. The van der Waals surface area contributed by atoms with Crippen LogP contribution in [-0.4, -0.2) is 20.5 Å². The Bertz CT molecular complexity index is 1230. The van der Waals surface area contributed by atoms with Crippen LogP contribution in [-0.2, 0) is 6.54 Å². The van der Waals surface area contributed by atoms with Crippen molar-refractivity contribution in [2.75, 3.05) is 14.2 Å². The van der Waals surface area contributed by atoms with Gasteiger partial charge in [0.2, 0.25) is 0 Å². The normalized spacial score (nSPS) is 10.1. The van der Waals surface area contributed by atoms with Crippen LogP contribution >= 0.6 is 0 Å². The first-order valence-corrected chi connectivity index (χ1v) is 11.1. The number of rotatable bonds is 6. The summed E-state index contributed by atoms with van der Waals surface area (Å²) in [6.07, 6.45) is 0.850. The number of aldehydes is 1. The van der Waals surface area contributed by atoms with E-state index >= 15 is 0 Å². The molecule has 0 saturated carbocycles. The van der Waals surface area contributed by atoms with Crippen LogP contribution in [0.5, 0.6) is 11.5 Å². The average molecular weight is 454 g/mol.